The minimum Gasteiger partial charge on any atom is -0.366 e. The van der Waals surface area contributed by atoms with Crippen LogP contribution in [0.15, 0.2) is 54.6 Å². The molecule has 0 bridgehead atoms. The van der Waals surface area contributed by atoms with Gasteiger partial charge >= 0.3 is 0 Å². The van der Waals surface area contributed by atoms with Gasteiger partial charge in [0.2, 0.25) is 0 Å². The van der Waals surface area contributed by atoms with Crippen LogP contribution in [-0.2, 0) is 0 Å². The summed E-state index contributed by atoms with van der Waals surface area (Å²) in [5.74, 6) is 0. The molecule has 104 valence electrons. The van der Waals surface area contributed by atoms with Gasteiger partial charge in [0.15, 0.2) is 0 Å². The van der Waals surface area contributed by atoms with Gasteiger partial charge in [-0.25, -0.2) is 0 Å². The molecule has 1 aliphatic rings. The first kappa shape index (κ1) is 13.2. The summed E-state index contributed by atoms with van der Waals surface area (Å²) in [6.45, 7) is 5.51. The van der Waals surface area contributed by atoms with Crippen LogP contribution in [0.2, 0.25) is 0 Å². The molecule has 1 fully saturated rings. The Morgan fingerprint density at radius 3 is 2.60 bits per heavy atom. The Balaban J connectivity index is 2.01. The van der Waals surface area contributed by atoms with Gasteiger partial charge in [-0.1, -0.05) is 55.5 Å². The molecular formula is C18H22N2. The Morgan fingerprint density at radius 1 is 1.05 bits per heavy atom. The Bertz CT molecular complexity index is 550. The van der Waals surface area contributed by atoms with Crippen molar-refractivity contribution >= 4 is 5.69 Å². The van der Waals surface area contributed by atoms with E-state index in [0.29, 0.717) is 6.04 Å². The second kappa shape index (κ2) is 6.10. The summed E-state index contributed by atoms with van der Waals surface area (Å²) in [7, 11) is 0. The number of nitrogens with zero attached hydrogens (tertiary/aromatic N) is 1. The third-order valence-electron chi connectivity index (χ3n) is 4.12. The summed E-state index contributed by atoms with van der Waals surface area (Å²) in [4.78, 5) is 2.57. The van der Waals surface area contributed by atoms with Gasteiger partial charge in [-0.3, -0.25) is 0 Å². The molecule has 1 atom stereocenters. The molecule has 0 saturated carbocycles. The van der Waals surface area contributed by atoms with E-state index in [1.54, 1.807) is 0 Å². The van der Waals surface area contributed by atoms with Crippen molar-refractivity contribution in [2.24, 2.45) is 0 Å². The largest absolute Gasteiger partial charge is 0.366 e. The molecule has 2 nitrogen and oxygen atoms in total. The first-order valence-electron chi connectivity index (χ1n) is 7.52. The summed E-state index contributed by atoms with van der Waals surface area (Å²) in [6.07, 6.45) is 1.18. The summed E-state index contributed by atoms with van der Waals surface area (Å²) < 4.78 is 0. The van der Waals surface area contributed by atoms with Crippen molar-refractivity contribution in [1.29, 1.82) is 0 Å². The Kier molecular flexibility index (Phi) is 4.03. The van der Waals surface area contributed by atoms with Crippen LogP contribution in [0.25, 0.3) is 11.1 Å². The standard InChI is InChI=1S/C18H22N2/c1-2-16-14-19-12-13-20(16)18-11-7-6-10-17(18)15-8-4-3-5-9-15/h3-11,16,19H,2,12-14H2,1H3. The molecule has 2 heteroatoms. The van der Waals surface area contributed by atoms with E-state index in [2.05, 4.69) is 71.7 Å². The zero-order valence-electron chi connectivity index (χ0n) is 12.0. The molecule has 0 aliphatic carbocycles. The minimum absolute atomic E-state index is 0.591. The van der Waals surface area contributed by atoms with Crippen molar-refractivity contribution in [2.75, 3.05) is 24.5 Å². The molecule has 0 aromatic heterocycles. The lowest BCUT2D eigenvalue weighted by molar-refractivity contribution is 0.466. The van der Waals surface area contributed by atoms with Crippen molar-refractivity contribution in [3.05, 3.63) is 54.6 Å². The minimum atomic E-state index is 0.591. The van der Waals surface area contributed by atoms with E-state index in [-0.39, 0.29) is 0 Å². The van der Waals surface area contributed by atoms with Crippen LogP contribution in [-0.4, -0.2) is 25.7 Å². The predicted octanol–water partition coefficient (Wildman–Crippen LogP) is 3.54. The number of piperazine rings is 1. The number of rotatable bonds is 3. The summed E-state index contributed by atoms with van der Waals surface area (Å²) >= 11 is 0. The van der Waals surface area contributed by atoms with Gasteiger partial charge < -0.3 is 10.2 Å². The van der Waals surface area contributed by atoms with Crippen LogP contribution < -0.4 is 10.2 Å². The SMILES string of the molecule is CCC1CNCCN1c1ccccc1-c1ccccc1. The smallest absolute Gasteiger partial charge is 0.0449 e. The topological polar surface area (TPSA) is 15.3 Å². The Labute approximate surface area is 121 Å². The van der Waals surface area contributed by atoms with Gasteiger partial charge in [-0.15, -0.1) is 0 Å². The number of hydrogen-bond donors (Lipinski definition) is 1. The molecule has 0 spiro atoms. The molecule has 0 amide bonds. The highest BCUT2D eigenvalue weighted by atomic mass is 15.2. The second-order valence-corrected chi connectivity index (χ2v) is 5.34. The number of benzene rings is 2. The Hall–Kier alpha value is -1.80. The fraction of sp³-hybridized carbons (Fsp3) is 0.333. The molecule has 1 aliphatic heterocycles. The van der Waals surface area contributed by atoms with Gasteiger partial charge in [-0.05, 0) is 18.1 Å². The fourth-order valence-corrected chi connectivity index (χ4v) is 3.03. The van der Waals surface area contributed by atoms with Crippen LogP contribution in [0.4, 0.5) is 5.69 Å². The molecule has 1 saturated heterocycles. The van der Waals surface area contributed by atoms with Crippen molar-refractivity contribution in [1.82, 2.24) is 5.32 Å². The summed E-state index contributed by atoms with van der Waals surface area (Å²) in [5, 5.41) is 3.50. The fourth-order valence-electron chi connectivity index (χ4n) is 3.03. The van der Waals surface area contributed by atoms with Crippen molar-refractivity contribution < 1.29 is 0 Å². The first-order valence-corrected chi connectivity index (χ1v) is 7.52. The second-order valence-electron chi connectivity index (χ2n) is 5.34. The van der Waals surface area contributed by atoms with Crippen LogP contribution in [0.3, 0.4) is 0 Å². The average Bonchev–Trinajstić information content (AvgIpc) is 2.55. The van der Waals surface area contributed by atoms with Gasteiger partial charge in [0.1, 0.15) is 0 Å². The quantitative estimate of drug-likeness (QED) is 0.914. The van der Waals surface area contributed by atoms with E-state index in [9.17, 15) is 0 Å². The summed E-state index contributed by atoms with van der Waals surface area (Å²) in [5.41, 5.74) is 4.01. The maximum atomic E-state index is 3.50. The van der Waals surface area contributed by atoms with Gasteiger partial charge in [0.25, 0.3) is 0 Å². The van der Waals surface area contributed by atoms with Gasteiger partial charge in [0.05, 0.1) is 0 Å². The lowest BCUT2D eigenvalue weighted by Gasteiger charge is -2.38. The number of para-hydroxylation sites is 1. The van der Waals surface area contributed by atoms with Crippen LogP contribution in [0.1, 0.15) is 13.3 Å². The Morgan fingerprint density at radius 2 is 1.80 bits per heavy atom. The number of anilines is 1. The third-order valence-corrected chi connectivity index (χ3v) is 4.12. The third kappa shape index (κ3) is 2.56. The van der Waals surface area contributed by atoms with Crippen molar-refractivity contribution in [2.45, 2.75) is 19.4 Å². The number of nitrogens with one attached hydrogen (secondary N) is 1. The zero-order chi connectivity index (χ0) is 13.8. The molecule has 2 aromatic rings. The van der Waals surface area contributed by atoms with E-state index in [1.165, 1.54) is 23.2 Å². The van der Waals surface area contributed by atoms with E-state index in [0.717, 1.165) is 19.6 Å². The molecule has 1 heterocycles. The predicted molar refractivity (Wildman–Crippen MR) is 86.2 cm³/mol. The lowest BCUT2D eigenvalue weighted by Crippen LogP contribution is -2.51. The first-order chi connectivity index (χ1) is 9.90. The highest BCUT2D eigenvalue weighted by Crippen LogP contribution is 2.32. The average molecular weight is 266 g/mol. The molecule has 1 N–H and O–H groups in total. The molecule has 0 radical (unpaired) electrons. The van der Waals surface area contributed by atoms with E-state index >= 15 is 0 Å². The molecular weight excluding hydrogens is 244 g/mol. The number of hydrogen-bond acceptors (Lipinski definition) is 2. The highest BCUT2D eigenvalue weighted by molar-refractivity contribution is 5.78. The van der Waals surface area contributed by atoms with Gasteiger partial charge in [0, 0.05) is 36.9 Å². The van der Waals surface area contributed by atoms with Crippen LogP contribution in [0, 0.1) is 0 Å². The van der Waals surface area contributed by atoms with Crippen molar-refractivity contribution in [3.8, 4) is 11.1 Å². The normalized spacial score (nSPS) is 19.1. The van der Waals surface area contributed by atoms with Crippen LogP contribution >= 0.6 is 0 Å². The monoisotopic (exact) mass is 266 g/mol. The lowest BCUT2D eigenvalue weighted by atomic mass is 10.0. The molecule has 2 aromatic carbocycles. The molecule has 1 unspecified atom stereocenters. The maximum absolute atomic E-state index is 3.50. The zero-order valence-corrected chi connectivity index (χ0v) is 12.0. The highest BCUT2D eigenvalue weighted by Gasteiger charge is 2.22. The van der Waals surface area contributed by atoms with E-state index in [4.69, 9.17) is 0 Å². The van der Waals surface area contributed by atoms with E-state index < -0.39 is 0 Å². The molecule has 3 rings (SSSR count). The summed E-state index contributed by atoms with van der Waals surface area (Å²) in [6, 6.07) is 20.1. The molecule has 20 heavy (non-hydrogen) atoms. The van der Waals surface area contributed by atoms with Gasteiger partial charge in [-0.2, -0.15) is 0 Å². The maximum Gasteiger partial charge on any atom is 0.0449 e. The van der Waals surface area contributed by atoms with Crippen LogP contribution in [0.5, 0.6) is 0 Å². The van der Waals surface area contributed by atoms with Crippen molar-refractivity contribution in [3.63, 3.8) is 0 Å². The van der Waals surface area contributed by atoms with E-state index in [1.807, 2.05) is 0 Å².